The number of nitrogens with one attached hydrogen (secondary N) is 6. The van der Waals surface area contributed by atoms with Gasteiger partial charge in [-0.3, -0.25) is 49.1 Å². The third-order valence-electron chi connectivity index (χ3n) is 14.6. The average Bonchev–Trinajstić information content (AvgIpc) is 1.64. The van der Waals surface area contributed by atoms with Gasteiger partial charge in [0, 0.05) is 120 Å². The fourth-order valence-electron chi connectivity index (χ4n) is 9.70. The van der Waals surface area contributed by atoms with E-state index in [1.165, 1.54) is 87.3 Å². The van der Waals surface area contributed by atoms with Crippen LogP contribution in [0.25, 0.3) is 73.8 Å². The number of nitrogens with zero attached hydrogens (tertiary/aromatic N) is 20. The minimum atomic E-state index is -4.71. The molecule has 13 aromatic rings. The minimum Gasteiger partial charge on any atom is -0.506 e. The number of hydrogen-bond acceptors (Lipinski definition) is 33. The van der Waals surface area contributed by atoms with E-state index >= 15 is 0 Å². The molecule has 554 valence electrons. The fourth-order valence-corrected chi connectivity index (χ4v) is 13.1. The number of amides is 4. The van der Waals surface area contributed by atoms with E-state index in [2.05, 4.69) is 124 Å². The first-order valence-electron chi connectivity index (χ1n) is 31.4. The Bertz CT molecular complexity index is 6270. The van der Waals surface area contributed by atoms with Crippen molar-refractivity contribution in [3.8, 4) is 23.0 Å². The lowest BCUT2D eigenvalue weighted by molar-refractivity contribution is -0.116. The summed E-state index contributed by atoms with van der Waals surface area (Å²) >= 11 is 4.27. The Balaban J connectivity index is 0.000000158. The average molecular weight is 1580 g/mol. The number of phenols is 4. The van der Waals surface area contributed by atoms with Crippen LogP contribution in [0.3, 0.4) is 0 Å². The summed E-state index contributed by atoms with van der Waals surface area (Å²) in [5.41, 5.74) is 6.14. The molecule has 11 N–H and O–H groups in total. The summed E-state index contributed by atoms with van der Waals surface area (Å²) in [6.45, 7) is 35.4. The van der Waals surface area contributed by atoms with Gasteiger partial charge in [-0.05, 0) is 108 Å². The Kier molecular flexibility index (Phi) is 25.5. The van der Waals surface area contributed by atoms with Gasteiger partial charge in [0.1, 0.15) is 28.8 Å². The number of rotatable bonds is 20. The molecule has 0 aliphatic rings. The van der Waals surface area contributed by atoms with Crippen molar-refractivity contribution in [3.05, 3.63) is 168 Å². The third-order valence-corrected chi connectivity index (χ3v) is 18.5. The van der Waals surface area contributed by atoms with Crippen LogP contribution < -0.4 is 26.6 Å². The molecular formula is C68H50N26O12S5. The molecule has 0 saturated carbocycles. The zero-order valence-electron chi connectivity index (χ0n) is 57.3. The molecule has 0 fully saturated rings. The molecule has 0 saturated heterocycles. The SMILES string of the molecule is [C-]#[N+]c1cncc2c(N=Nc3cc(NC(=O)CC)c(O)cc3COC=N)snc12.[C-]#[N+]c1cncc2c(N=Nc3cc(NC=O)c(O)c(NC(C)=O)c3)snc12.[C-]#[N+]c1cncc2c(N=Nc3cc(S(=O)(=O)O)c(O)c4cccc(NCC)c34)snc12.[C-]#[N+]c1cncc2c(N=Nc3ccc(O)c(NC(C)=O)c3)snc12. The first-order chi connectivity index (χ1) is 53.5. The monoisotopic (exact) mass is 1580 g/mol. The first-order valence-corrected chi connectivity index (χ1v) is 35.9. The summed E-state index contributed by atoms with van der Waals surface area (Å²) in [6.07, 6.45) is 13.3. The Morgan fingerprint density at radius 2 is 0.991 bits per heavy atom. The lowest BCUT2D eigenvalue weighted by Gasteiger charge is -2.13. The summed E-state index contributed by atoms with van der Waals surface area (Å²) in [7, 11) is -4.71. The van der Waals surface area contributed by atoms with E-state index in [1.807, 2.05) is 6.92 Å². The topological polar surface area (TPSA) is 516 Å². The van der Waals surface area contributed by atoms with Gasteiger partial charge >= 0.3 is 0 Å². The van der Waals surface area contributed by atoms with Crippen LogP contribution in [0.4, 0.5) is 93.9 Å². The molecule has 8 heterocycles. The van der Waals surface area contributed by atoms with Crippen molar-refractivity contribution < 1.29 is 57.3 Å². The highest BCUT2D eigenvalue weighted by Crippen LogP contribution is 2.46. The van der Waals surface area contributed by atoms with Gasteiger partial charge in [0.05, 0.1) is 93.9 Å². The number of phenolic OH excluding ortho intramolecular Hbond substituents is 4. The molecule has 111 heavy (non-hydrogen) atoms. The van der Waals surface area contributed by atoms with Crippen LogP contribution in [0.2, 0.25) is 0 Å². The number of aromatic nitrogens is 8. The number of fused-ring (bicyclic) bond motifs is 5. The largest absolute Gasteiger partial charge is 0.506 e. The van der Waals surface area contributed by atoms with E-state index in [-0.39, 0.29) is 87.3 Å². The van der Waals surface area contributed by atoms with E-state index in [0.29, 0.717) is 122 Å². The van der Waals surface area contributed by atoms with Crippen molar-refractivity contribution in [2.24, 2.45) is 40.9 Å². The van der Waals surface area contributed by atoms with Crippen molar-refractivity contribution in [2.45, 2.75) is 45.6 Å². The fraction of sp³-hybridized carbons (Fsp3) is 0.103. The van der Waals surface area contributed by atoms with Crippen molar-refractivity contribution in [2.75, 3.05) is 33.1 Å². The van der Waals surface area contributed by atoms with Gasteiger partial charge < -0.3 is 51.7 Å². The summed E-state index contributed by atoms with van der Waals surface area (Å²) < 4.78 is 55.0. The predicted molar refractivity (Wildman–Crippen MR) is 416 cm³/mol. The van der Waals surface area contributed by atoms with Crippen LogP contribution in [0.15, 0.2) is 162 Å². The summed E-state index contributed by atoms with van der Waals surface area (Å²) in [4.78, 5) is 73.7. The number of carbonyl (C=O) groups is 4. The van der Waals surface area contributed by atoms with Crippen molar-refractivity contribution in [1.29, 1.82) is 5.41 Å². The Hall–Kier alpha value is -14.9. The number of ether oxygens (including phenoxy) is 1. The summed E-state index contributed by atoms with van der Waals surface area (Å²) in [5, 5.41) is 98.5. The van der Waals surface area contributed by atoms with Gasteiger partial charge in [0.2, 0.25) is 46.9 Å². The van der Waals surface area contributed by atoms with E-state index in [0.717, 1.165) is 58.6 Å². The highest BCUT2D eigenvalue weighted by atomic mass is 32.2. The molecule has 8 aromatic heterocycles. The van der Waals surface area contributed by atoms with E-state index in [4.69, 9.17) is 36.4 Å². The number of hydrogen-bond donors (Lipinski definition) is 11. The van der Waals surface area contributed by atoms with Crippen molar-refractivity contribution >= 4 is 235 Å². The molecule has 13 rings (SSSR count). The first kappa shape index (κ1) is 78.7. The van der Waals surface area contributed by atoms with Crippen LogP contribution >= 0.6 is 46.1 Å². The lowest BCUT2D eigenvalue weighted by Crippen LogP contribution is -2.09. The predicted octanol–water partition coefficient (Wildman–Crippen LogP) is 18.2. The second kappa shape index (κ2) is 36.0. The highest BCUT2D eigenvalue weighted by molar-refractivity contribution is 7.86. The molecular weight excluding hydrogens is 1530 g/mol. The van der Waals surface area contributed by atoms with E-state index in [1.54, 1.807) is 43.7 Å². The molecule has 38 nitrogen and oxygen atoms in total. The Labute approximate surface area is 641 Å². The molecule has 0 aliphatic heterocycles. The standard InChI is InChI=1S/C19H14N6O4S2.C18H15N7O3S.C16H11N7O3S.C15H10N6O2S/c1-3-22-12-6-4-5-10-16(12)13(7-15(18(10)26)31(27,28)29)23-24-19-11-8-21-9-14(20-2)17(11)25-30-19;1-3-16(27)22-13-5-12(10(4-15(13)26)8-28-9-19)23-24-18-11-6-21-7-14(20-2)17(11)25-29-18;1-8(25)20-12-4-9(3-11(15(12)26)19-7-24)21-22-16-10-5-18-6-13(17-2)14(10)23-27-16;1-8(22)18-11-5-9(3-4-13(11)23)19-20-15-10-6-17-7-12(16-2)14(10)21-24-15/h4-9,22,26H,3H2,1H3,(H,27,28,29);4-7,9,19,26H,3,8H2,1H3,(H,22,27);3-7,26H,1H3,(H,19,24)(H,20,25);3-7,23H,1H3,(H,18,22). The molecule has 43 heteroatoms. The van der Waals surface area contributed by atoms with Crippen LogP contribution in [-0.2, 0) is 40.6 Å². The summed E-state index contributed by atoms with van der Waals surface area (Å²) in [6, 6.07) is 16.1. The molecule has 0 bridgehead atoms. The number of carbonyl (C=O) groups excluding carboxylic acids is 4. The maximum atomic E-state index is 11.8. The molecule has 0 atom stereocenters. The number of aromatic hydroxyl groups is 4. The quantitative estimate of drug-likeness (QED) is 0.00642. The van der Waals surface area contributed by atoms with Gasteiger partial charge in [0.15, 0.2) is 32.2 Å². The molecule has 0 radical (unpaired) electrons. The highest BCUT2D eigenvalue weighted by Gasteiger charge is 2.24. The minimum absolute atomic E-state index is 0.0136. The third kappa shape index (κ3) is 18.7. The number of azo groups is 4. The smallest absolute Gasteiger partial charge is 0.298 e. The van der Waals surface area contributed by atoms with Crippen molar-refractivity contribution in [1.82, 2.24) is 37.4 Å². The van der Waals surface area contributed by atoms with Crippen LogP contribution in [-0.4, -0.2) is 108 Å². The van der Waals surface area contributed by atoms with Gasteiger partial charge in [0.25, 0.3) is 10.1 Å². The summed E-state index contributed by atoms with van der Waals surface area (Å²) in [5.74, 6) is -2.05. The van der Waals surface area contributed by atoms with E-state index < -0.39 is 26.7 Å². The van der Waals surface area contributed by atoms with Crippen LogP contribution in [0, 0.1) is 31.7 Å². The Morgan fingerprint density at radius 1 is 0.532 bits per heavy atom. The molecule has 0 spiro atoms. The Morgan fingerprint density at radius 3 is 1.45 bits per heavy atom. The molecule has 0 aliphatic carbocycles. The zero-order chi connectivity index (χ0) is 79.5. The normalized spacial score (nSPS) is 11.1. The van der Waals surface area contributed by atoms with Crippen molar-refractivity contribution in [3.63, 3.8) is 0 Å². The maximum absolute atomic E-state index is 11.8. The number of benzene rings is 5. The number of anilines is 5. The van der Waals surface area contributed by atoms with Gasteiger partial charge in [-0.15, -0.1) is 40.9 Å². The molecule has 5 aromatic carbocycles. The van der Waals surface area contributed by atoms with Gasteiger partial charge in [-0.2, -0.15) is 8.42 Å². The van der Waals surface area contributed by atoms with E-state index in [9.17, 15) is 52.6 Å². The second-order valence-corrected chi connectivity index (χ2v) is 26.3. The second-order valence-electron chi connectivity index (χ2n) is 21.9. The van der Waals surface area contributed by atoms with Crippen LogP contribution in [0.1, 0.15) is 39.7 Å². The number of pyridine rings is 4. The molecule has 0 unspecified atom stereocenters. The maximum Gasteiger partial charge on any atom is 0.298 e. The van der Waals surface area contributed by atoms with Crippen LogP contribution in [0.5, 0.6) is 23.0 Å². The zero-order valence-corrected chi connectivity index (χ0v) is 61.4. The molecule has 4 amide bonds. The van der Waals surface area contributed by atoms with Gasteiger partial charge in [-0.25, -0.2) is 36.9 Å². The van der Waals surface area contributed by atoms with Gasteiger partial charge in [-0.1, -0.05) is 19.1 Å². The lowest BCUT2D eigenvalue weighted by atomic mass is 10.1.